The van der Waals surface area contributed by atoms with E-state index in [1.807, 2.05) is 24.3 Å². The van der Waals surface area contributed by atoms with Gasteiger partial charge in [0.05, 0.1) is 7.11 Å². The highest BCUT2D eigenvalue weighted by atomic mass is 16.5. The predicted molar refractivity (Wildman–Crippen MR) is 82.0 cm³/mol. The van der Waals surface area contributed by atoms with Gasteiger partial charge in [-0.05, 0) is 24.1 Å². The first kappa shape index (κ1) is 17.0. The lowest BCUT2D eigenvalue weighted by atomic mass is 10.0. The molecule has 1 rings (SSSR count). The number of methoxy groups -OCH3 is 1. The van der Waals surface area contributed by atoms with E-state index in [1.54, 1.807) is 7.11 Å². The third-order valence-corrected chi connectivity index (χ3v) is 3.28. The normalized spacial score (nSPS) is 11.7. The number of primary amides is 1. The molecule has 0 spiro atoms. The van der Waals surface area contributed by atoms with Gasteiger partial charge in [0.1, 0.15) is 11.8 Å². The van der Waals surface area contributed by atoms with E-state index < -0.39 is 11.9 Å². The molecule has 0 aliphatic heterocycles. The van der Waals surface area contributed by atoms with Crippen LogP contribution in [0.25, 0.3) is 0 Å². The molecule has 1 atom stereocenters. The van der Waals surface area contributed by atoms with Crippen molar-refractivity contribution in [1.29, 1.82) is 0 Å². The molecular weight excluding hydrogens is 268 g/mol. The topological polar surface area (TPSA) is 81.4 Å². The first-order valence-corrected chi connectivity index (χ1v) is 7.28. The first-order chi connectivity index (χ1) is 10.1. The minimum absolute atomic E-state index is 0.124. The molecule has 0 saturated carbocycles. The van der Waals surface area contributed by atoms with Crippen LogP contribution in [0.5, 0.6) is 5.75 Å². The van der Waals surface area contributed by atoms with Gasteiger partial charge < -0.3 is 15.8 Å². The number of nitrogens with two attached hydrogens (primary N) is 1. The second kappa shape index (κ2) is 9.00. The second-order valence-corrected chi connectivity index (χ2v) is 5.03. The van der Waals surface area contributed by atoms with E-state index in [4.69, 9.17) is 10.5 Å². The van der Waals surface area contributed by atoms with Gasteiger partial charge >= 0.3 is 0 Å². The average Bonchev–Trinajstić information content (AvgIpc) is 2.47. The maximum atomic E-state index is 11.8. The zero-order chi connectivity index (χ0) is 15.7. The van der Waals surface area contributed by atoms with Gasteiger partial charge in [-0.1, -0.05) is 31.9 Å². The number of benzene rings is 1. The summed E-state index contributed by atoms with van der Waals surface area (Å²) in [6.07, 6.45) is 3.71. The summed E-state index contributed by atoms with van der Waals surface area (Å²) in [5.74, 6) is 0.105. The number of amides is 2. The van der Waals surface area contributed by atoms with Crippen molar-refractivity contribution in [3.63, 3.8) is 0 Å². The molecule has 2 amide bonds. The van der Waals surface area contributed by atoms with Crippen LogP contribution in [0.15, 0.2) is 24.3 Å². The summed E-state index contributed by atoms with van der Waals surface area (Å²) in [6.45, 7) is 2.08. The molecule has 0 saturated heterocycles. The summed E-state index contributed by atoms with van der Waals surface area (Å²) in [5.41, 5.74) is 6.29. The molecule has 0 radical (unpaired) electrons. The highest BCUT2D eigenvalue weighted by Crippen LogP contribution is 2.13. The standard InChI is InChI=1S/C16H24N2O3/c1-3-4-5-6-15(19)18-14(16(17)20)11-12-7-9-13(21-2)10-8-12/h7-10,14H,3-6,11H2,1-2H3,(H2,17,20)(H,18,19)/t14-/m0/s1. The largest absolute Gasteiger partial charge is 0.497 e. The number of carbonyl (C=O) groups excluding carboxylic acids is 2. The van der Waals surface area contributed by atoms with E-state index >= 15 is 0 Å². The van der Waals surface area contributed by atoms with Crippen LogP contribution in [0, 0.1) is 0 Å². The Morgan fingerprint density at radius 1 is 1.24 bits per heavy atom. The molecule has 5 nitrogen and oxygen atoms in total. The van der Waals surface area contributed by atoms with E-state index in [0.29, 0.717) is 12.8 Å². The van der Waals surface area contributed by atoms with Gasteiger partial charge in [0.2, 0.25) is 11.8 Å². The number of hydrogen-bond acceptors (Lipinski definition) is 3. The van der Waals surface area contributed by atoms with Crippen LogP contribution < -0.4 is 15.8 Å². The number of carbonyl (C=O) groups is 2. The Hall–Kier alpha value is -2.04. The first-order valence-electron chi connectivity index (χ1n) is 7.28. The van der Waals surface area contributed by atoms with Crippen molar-refractivity contribution < 1.29 is 14.3 Å². The molecule has 21 heavy (non-hydrogen) atoms. The summed E-state index contributed by atoms with van der Waals surface area (Å²) in [5, 5.41) is 2.71. The molecule has 0 bridgehead atoms. The summed E-state index contributed by atoms with van der Waals surface area (Å²) in [6, 6.07) is 6.68. The number of rotatable bonds is 9. The Kier molecular flexibility index (Phi) is 7.29. The maximum absolute atomic E-state index is 11.8. The highest BCUT2D eigenvalue weighted by molar-refractivity contribution is 5.86. The van der Waals surface area contributed by atoms with Crippen LogP contribution >= 0.6 is 0 Å². The molecule has 0 fully saturated rings. The lowest BCUT2D eigenvalue weighted by molar-refractivity contribution is -0.127. The van der Waals surface area contributed by atoms with Crippen molar-refractivity contribution in [2.45, 2.75) is 45.1 Å². The van der Waals surface area contributed by atoms with Crippen molar-refractivity contribution in [1.82, 2.24) is 5.32 Å². The number of nitrogens with one attached hydrogen (secondary N) is 1. The Morgan fingerprint density at radius 2 is 1.90 bits per heavy atom. The van der Waals surface area contributed by atoms with Crippen LogP contribution in [-0.2, 0) is 16.0 Å². The van der Waals surface area contributed by atoms with Gasteiger partial charge in [0.15, 0.2) is 0 Å². The molecule has 1 aromatic rings. The third-order valence-electron chi connectivity index (χ3n) is 3.28. The van der Waals surface area contributed by atoms with Crippen LogP contribution in [-0.4, -0.2) is 25.0 Å². The fourth-order valence-electron chi connectivity index (χ4n) is 2.02. The summed E-state index contributed by atoms with van der Waals surface area (Å²) < 4.78 is 5.08. The third kappa shape index (κ3) is 6.29. The second-order valence-electron chi connectivity index (χ2n) is 5.03. The van der Waals surface area contributed by atoms with Gasteiger partial charge in [-0.3, -0.25) is 9.59 Å². The minimum Gasteiger partial charge on any atom is -0.497 e. The zero-order valence-corrected chi connectivity index (χ0v) is 12.7. The van der Waals surface area contributed by atoms with Gasteiger partial charge in [-0.15, -0.1) is 0 Å². The number of hydrogen-bond donors (Lipinski definition) is 2. The van der Waals surface area contributed by atoms with Crippen molar-refractivity contribution in [2.75, 3.05) is 7.11 Å². The van der Waals surface area contributed by atoms with Crippen LogP contribution in [0.4, 0.5) is 0 Å². The SMILES string of the molecule is CCCCCC(=O)N[C@@H](Cc1ccc(OC)cc1)C(N)=O. The van der Waals surface area contributed by atoms with Crippen molar-refractivity contribution in [3.05, 3.63) is 29.8 Å². The fourth-order valence-corrected chi connectivity index (χ4v) is 2.02. The van der Waals surface area contributed by atoms with Gasteiger partial charge in [-0.25, -0.2) is 0 Å². The zero-order valence-electron chi connectivity index (χ0n) is 12.7. The molecule has 3 N–H and O–H groups in total. The number of unbranched alkanes of at least 4 members (excludes halogenated alkanes) is 2. The summed E-state index contributed by atoms with van der Waals surface area (Å²) in [4.78, 5) is 23.3. The van der Waals surface area contributed by atoms with E-state index in [0.717, 1.165) is 30.6 Å². The van der Waals surface area contributed by atoms with Crippen molar-refractivity contribution in [2.24, 2.45) is 5.73 Å². The Balaban J connectivity index is 2.56. The van der Waals surface area contributed by atoms with Crippen LogP contribution in [0.1, 0.15) is 38.2 Å². The molecule has 5 heteroatoms. The average molecular weight is 292 g/mol. The Labute approximate surface area is 125 Å². The molecule has 0 unspecified atom stereocenters. The highest BCUT2D eigenvalue weighted by Gasteiger charge is 2.18. The molecule has 1 aromatic carbocycles. The molecule has 0 aliphatic carbocycles. The maximum Gasteiger partial charge on any atom is 0.240 e. The van der Waals surface area contributed by atoms with Gasteiger partial charge in [0.25, 0.3) is 0 Å². The smallest absolute Gasteiger partial charge is 0.240 e. The fraction of sp³-hybridized carbons (Fsp3) is 0.500. The summed E-state index contributed by atoms with van der Waals surface area (Å²) in [7, 11) is 1.59. The van der Waals surface area contributed by atoms with Crippen LogP contribution in [0.2, 0.25) is 0 Å². The molecule has 116 valence electrons. The Bertz CT molecular complexity index is 457. The summed E-state index contributed by atoms with van der Waals surface area (Å²) >= 11 is 0. The molecule has 0 aliphatic rings. The van der Waals surface area contributed by atoms with Gasteiger partial charge in [-0.2, -0.15) is 0 Å². The quantitative estimate of drug-likeness (QED) is 0.681. The van der Waals surface area contributed by atoms with E-state index in [2.05, 4.69) is 12.2 Å². The van der Waals surface area contributed by atoms with Crippen LogP contribution in [0.3, 0.4) is 0 Å². The van der Waals surface area contributed by atoms with E-state index in [9.17, 15) is 9.59 Å². The molecule has 0 heterocycles. The van der Waals surface area contributed by atoms with Gasteiger partial charge in [0, 0.05) is 12.8 Å². The Morgan fingerprint density at radius 3 is 2.43 bits per heavy atom. The van der Waals surface area contributed by atoms with Crippen molar-refractivity contribution in [3.8, 4) is 5.75 Å². The predicted octanol–water partition coefficient (Wildman–Crippen LogP) is 1.79. The lowest BCUT2D eigenvalue weighted by Gasteiger charge is -2.15. The monoisotopic (exact) mass is 292 g/mol. The lowest BCUT2D eigenvalue weighted by Crippen LogP contribution is -2.45. The van der Waals surface area contributed by atoms with Crippen molar-refractivity contribution >= 4 is 11.8 Å². The van der Waals surface area contributed by atoms with E-state index in [1.165, 1.54) is 0 Å². The number of ether oxygens (including phenoxy) is 1. The molecular formula is C16H24N2O3. The minimum atomic E-state index is -0.674. The van der Waals surface area contributed by atoms with E-state index in [-0.39, 0.29) is 5.91 Å². The molecule has 0 aromatic heterocycles.